The number of ether oxygens (including phenoxy) is 3. The van der Waals surface area contributed by atoms with Gasteiger partial charge in [-0.2, -0.15) is 0 Å². The molecule has 128 valence electrons. The molecule has 6 nitrogen and oxygen atoms in total. The first-order valence-electron chi connectivity index (χ1n) is 8.12. The standard InChI is InChI=1S/C17H26N2O4/c1-21-14-9-6-10-15(16(14)22-2)23-12-11-18-17(20)19-13-7-4-3-5-8-13/h6,9-10,13H,3-5,7-8,11-12H2,1-2H3,(H2,18,19,20). The average Bonchev–Trinajstić information content (AvgIpc) is 2.59. The van der Waals surface area contributed by atoms with Crippen molar-refractivity contribution in [2.45, 2.75) is 38.1 Å². The van der Waals surface area contributed by atoms with Crippen LogP contribution in [-0.4, -0.2) is 39.4 Å². The third-order valence-electron chi connectivity index (χ3n) is 3.95. The minimum atomic E-state index is -0.127. The Morgan fingerprint density at radius 3 is 2.57 bits per heavy atom. The molecule has 1 aliphatic carbocycles. The normalized spacial score (nSPS) is 14.9. The SMILES string of the molecule is COc1cccc(OCCNC(=O)NC2CCCCC2)c1OC. The lowest BCUT2D eigenvalue weighted by molar-refractivity contribution is 0.227. The lowest BCUT2D eigenvalue weighted by Gasteiger charge is -2.22. The molecule has 0 saturated heterocycles. The summed E-state index contributed by atoms with van der Waals surface area (Å²) in [5.41, 5.74) is 0. The van der Waals surface area contributed by atoms with Crippen molar-refractivity contribution in [2.24, 2.45) is 0 Å². The molecule has 1 aliphatic rings. The lowest BCUT2D eigenvalue weighted by Crippen LogP contribution is -2.44. The molecule has 2 rings (SSSR count). The van der Waals surface area contributed by atoms with Crippen LogP contribution in [0.4, 0.5) is 4.79 Å². The predicted octanol–water partition coefficient (Wildman–Crippen LogP) is 2.71. The molecule has 1 aromatic rings. The topological polar surface area (TPSA) is 68.8 Å². The fourth-order valence-electron chi connectivity index (χ4n) is 2.78. The van der Waals surface area contributed by atoms with Gasteiger partial charge in [-0.1, -0.05) is 25.3 Å². The molecule has 2 amide bonds. The van der Waals surface area contributed by atoms with E-state index in [1.165, 1.54) is 19.3 Å². The van der Waals surface area contributed by atoms with Crippen LogP contribution in [-0.2, 0) is 0 Å². The summed E-state index contributed by atoms with van der Waals surface area (Å²) in [6.07, 6.45) is 5.82. The second kappa shape index (κ2) is 9.12. The number of nitrogens with one attached hydrogen (secondary N) is 2. The number of hydrogen-bond acceptors (Lipinski definition) is 4. The number of benzene rings is 1. The highest BCUT2D eigenvalue weighted by Crippen LogP contribution is 2.36. The molecule has 2 N–H and O–H groups in total. The Balaban J connectivity index is 1.71. The monoisotopic (exact) mass is 322 g/mol. The predicted molar refractivity (Wildman–Crippen MR) is 88.4 cm³/mol. The van der Waals surface area contributed by atoms with Crippen molar-refractivity contribution < 1.29 is 19.0 Å². The van der Waals surface area contributed by atoms with Gasteiger partial charge < -0.3 is 24.8 Å². The van der Waals surface area contributed by atoms with Crippen LogP contribution in [0, 0.1) is 0 Å². The number of para-hydroxylation sites is 1. The van der Waals surface area contributed by atoms with E-state index in [9.17, 15) is 4.79 Å². The number of hydrogen-bond donors (Lipinski definition) is 2. The van der Waals surface area contributed by atoms with Crippen LogP contribution in [0.25, 0.3) is 0 Å². The van der Waals surface area contributed by atoms with Gasteiger partial charge in [0.25, 0.3) is 0 Å². The quantitative estimate of drug-likeness (QED) is 0.757. The Hall–Kier alpha value is -2.11. The fraction of sp³-hybridized carbons (Fsp3) is 0.588. The third-order valence-corrected chi connectivity index (χ3v) is 3.95. The second-order valence-corrected chi connectivity index (χ2v) is 5.58. The van der Waals surface area contributed by atoms with Gasteiger partial charge in [0, 0.05) is 6.04 Å². The molecule has 0 atom stereocenters. The van der Waals surface area contributed by atoms with E-state index < -0.39 is 0 Å². The van der Waals surface area contributed by atoms with Crippen molar-refractivity contribution in [1.82, 2.24) is 10.6 Å². The van der Waals surface area contributed by atoms with Gasteiger partial charge in [-0.25, -0.2) is 4.79 Å². The number of carbonyl (C=O) groups excluding carboxylic acids is 1. The van der Waals surface area contributed by atoms with Gasteiger partial charge in [0.05, 0.1) is 20.8 Å². The van der Waals surface area contributed by atoms with Gasteiger partial charge in [-0.05, 0) is 25.0 Å². The van der Waals surface area contributed by atoms with Crippen LogP contribution in [0.15, 0.2) is 18.2 Å². The maximum absolute atomic E-state index is 11.8. The highest BCUT2D eigenvalue weighted by atomic mass is 16.5. The minimum absolute atomic E-state index is 0.127. The van der Waals surface area contributed by atoms with Crippen LogP contribution < -0.4 is 24.8 Å². The van der Waals surface area contributed by atoms with Crippen LogP contribution in [0.3, 0.4) is 0 Å². The van der Waals surface area contributed by atoms with E-state index in [0.29, 0.717) is 36.4 Å². The summed E-state index contributed by atoms with van der Waals surface area (Å²) in [6.45, 7) is 0.792. The van der Waals surface area contributed by atoms with E-state index in [1.54, 1.807) is 14.2 Å². The fourth-order valence-corrected chi connectivity index (χ4v) is 2.78. The molecule has 0 aromatic heterocycles. The van der Waals surface area contributed by atoms with Crippen molar-refractivity contribution >= 4 is 6.03 Å². The first-order valence-corrected chi connectivity index (χ1v) is 8.12. The summed E-state index contributed by atoms with van der Waals surface area (Å²) in [5, 5.41) is 5.83. The van der Waals surface area contributed by atoms with E-state index in [1.807, 2.05) is 18.2 Å². The van der Waals surface area contributed by atoms with Crippen molar-refractivity contribution in [1.29, 1.82) is 0 Å². The zero-order valence-electron chi connectivity index (χ0n) is 13.9. The van der Waals surface area contributed by atoms with E-state index >= 15 is 0 Å². The molecule has 0 unspecified atom stereocenters. The molecular weight excluding hydrogens is 296 g/mol. The van der Waals surface area contributed by atoms with Crippen LogP contribution in [0.1, 0.15) is 32.1 Å². The molecular formula is C17H26N2O4. The Bertz CT molecular complexity index is 501. The van der Waals surface area contributed by atoms with Gasteiger partial charge in [-0.3, -0.25) is 0 Å². The largest absolute Gasteiger partial charge is 0.493 e. The molecule has 23 heavy (non-hydrogen) atoms. The van der Waals surface area contributed by atoms with E-state index in [4.69, 9.17) is 14.2 Å². The number of carbonyl (C=O) groups is 1. The van der Waals surface area contributed by atoms with Crippen LogP contribution in [0.5, 0.6) is 17.2 Å². The average molecular weight is 322 g/mol. The summed E-state index contributed by atoms with van der Waals surface area (Å²) in [4.78, 5) is 11.8. The maximum atomic E-state index is 11.8. The minimum Gasteiger partial charge on any atom is -0.493 e. The molecule has 0 bridgehead atoms. The molecule has 0 aliphatic heterocycles. The zero-order valence-corrected chi connectivity index (χ0v) is 13.9. The lowest BCUT2D eigenvalue weighted by atomic mass is 9.96. The van der Waals surface area contributed by atoms with E-state index in [2.05, 4.69) is 10.6 Å². The van der Waals surface area contributed by atoms with Gasteiger partial charge in [0.2, 0.25) is 5.75 Å². The Morgan fingerprint density at radius 2 is 1.87 bits per heavy atom. The Labute approximate surface area is 137 Å². The van der Waals surface area contributed by atoms with Gasteiger partial charge in [0.1, 0.15) is 6.61 Å². The van der Waals surface area contributed by atoms with Crippen molar-refractivity contribution in [3.63, 3.8) is 0 Å². The summed E-state index contributed by atoms with van der Waals surface area (Å²) in [7, 11) is 3.15. The maximum Gasteiger partial charge on any atom is 0.315 e. The number of methoxy groups -OCH3 is 2. The van der Waals surface area contributed by atoms with Crippen molar-refractivity contribution in [3.05, 3.63) is 18.2 Å². The molecule has 1 aromatic carbocycles. The Morgan fingerprint density at radius 1 is 1.13 bits per heavy atom. The van der Waals surface area contributed by atoms with Crippen LogP contribution >= 0.6 is 0 Å². The van der Waals surface area contributed by atoms with E-state index in [-0.39, 0.29) is 6.03 Å². The molecule has 0 heterocycles. The highest BCUT2D eigenvalue weighted by molar-refractivity contribution is 5.74. The van der Waals surface area contributed by atoms with Gasteiger partial charge in [0.15, 0.2) is 11.5 Å². The van der Waals surface area contributed by atoms with Gasteiger partial charge >= 0.3 is 6.03 Å². The molecule has 6 heteroatoms. The summed E-state index contributed by atoms with van der Waals surface area (Å²) >= 11 is 0. The van der Waals surface area contributed by atoms with Crippen molar-refractivity contribution in [3.8, 4) is 17.2 Å². The Kier molecular flexibility index (Phi) is 6.84. The highest BCUT2D eigenvalue weighted by Gasteiger charge is 2.15. The van der Waals surface area contributed by atoms with E-state index in [0.717, 1.165) is 12.8 Å². The molecule has 0 spiro atoms. The molecule has 0 radical (unpaired) electrons. The number of urea groups is 1. The molecule has 1 saturated carbocycles. The molecule has 1 fully saturated rings. The third kappa shape index (κ3) is 5.23. The number of amides is 2. The van der Waals surface area contributed by atoms with Gasteiger partial charge in [-0.15, -0.1) is 0 Å². The zero-order chi connectivity index (χ0) is 16.5. The number of rotatable bonds is 7. The summed E-state index contributed by atoms with van der Waals surface area (Å²) < 4.78 is 16.2. The summed E-state index contributed by atoms with van der Waals surface area (Å²) in [5.74, 6) is 1.77. The van der Waals surface area contributed by atoms with Crippen LogP contribution in [0.2, 0.25) is 0 Å². The van der Waals surface area contributed by atoms with Crippen molar-refractivity contribution in [2.75, 3.05) is 27.4 Å². The summed E-state index contributed by atoms with van der Waals surface area (Å²) in [6, 6.07) is 5.63. The second-order valence-electron chi connectivity index (χ2n) is 5.58. The first-order chi connectivity index (χ1) is 11.2. The smallest absolute Gasteiger partial charge is 0.315 e. The first kappa shape index (κ1) is 17.2.